The van der Waals surface area contributed by atoms with E-state index in [1.807, 2.05) is 33.9 Å². The van der Waals surface area contributed by atoms with Crippen LogP contribution < -0.4 is 5.32 Å². The molecule has 0 aromatic heterocycles. The topological polar surface area (TPSA) is 85.3 Å². The van der Waals surface area contributed by atoms with Gasteiger partial charge in [-0.15, -0.1) is 0 Å². The number of rotatable bonds is 5. The van der Waals surface area contributed by atoms with E-state index in [0.717, 1.165) is 27.8 Å². The van der Waals surface area contributed by atoms with Crippen LogP contribution in [0.5, 0.6) is 0 Å². The average Bonchev–Trinajstić information content (AvgIpc) is 3.54. The molecule has 4 aliphatic rings. The summed E-state index contributed by atoms with van der Waals surface area (Å²) in [7, 11) is 0. The highest BCUT2D eigenvalue weighted by Crippen LogP contribution is 2.35. The molecule has 4 heterocycles. The Morgan fingerprint density at radius 2 is 1.88 bits per heavy atom. The summed E-state index contributed by atoms with van der Waals surface area (Å²) in [6, 6.07) is 10.2. The van der Waals surface area contributed by atoms with Gasteiger partial charge in [0, 0.05) is 66.7 Å². The molecule has 1 atom stereocenters. The van der Waals surface area contributed by atoms with Gasteiger partial charge in [0.05, 0.1) is 19.0 Å². The van der Waals surface area contributed by atoms with Crippen molar-refractivity contribution in [1.82, 2.24) is 20.0 Å². The fourth-order valence-corrected chi connectivity index (χ4v) is 6.71. The third-order valence-electron chi connectivity index (χ3n) is 8.65. The fraction of sp³-hybridized carbons (Fsp3) is 0.419. The molecule has 0 bridgehead atoms. The van der Waals surface area contributed by atoms with Crippen molar-refractivity contribution in [3.8, 4) is 0 Å². The summed E-state index contributed by atoms with van der Waals surface area (Å²) in [4.78, 5) is 49.8. The molecule has 2 saturated heterocycles. The SMILES string of the molecule is C=C1CN(C2CCN(C(=O)C[C@@H]3Cc4cc(Cl)c5c(c4CN(Cc4ccc(C)cc4)C3=O)C=NC5)CC2)C(=O)N1. The van der Waals surface area contributed by atoms with Crippen molar-refractivity contribution in [3.63, 3.8) is 0 Å². The molecule has 0 spiro atoms. The second-order valence-electron chi connectivity index (χ2n) is 11.4. The number of halogens is 1. The molecular weight excluding hydrogens is 526 g/mol. The van der Waals surface area contributed by atoms with Gasteiger partial charge in [0.15, 0.2) is 0 Å². The smallest absolute Gasteiger partial charge is 0.322 e. The van der Waals surface area contributed by atoms with Crippen molar-refractivity contribution in [2.75, 3.05) is 19.6 Å². The summed E-state index contributed by atoms with van der Waals surface area (Å²) >= 11 is 6.65. The lowest BCUT2D eigenvalue weighted by molar-refractivity contribution is -0.142. The highest BCUT2D eigenvalue weighted by atomic mass is 35.5. The molecule has 9 heteroatoms. The summed E-state index contributed by atoms with van der Waals surface area (Å²) in [6.07, 6.45) is 3.93. The Kier molecular flexibility index (Phi) is 7.13. The Morgan fingerprint density at radius 3 is 2.58 bits per heavy atom. The molecule has 2 fully saturated rings. The first-order chi connectivity index (χ1) is 19.3. The number of fused-ring (bicyclic) bond motifs is 3. The zero-order chi connectivity index (χ0) is 28.0. The minimum Gasteiger partial charge on any atom is -0.343 e. The number of nitrogens with one attached hydrogen (secondary N) is 1. The molecule has 0 radical (unpaired) electrons. The highest BCUT2D eigenvalue weighted by Gasteiger charge is 2.37. The van der Waals surface area contributed by atoms with Gasteiger partial charge in [-0.25, -0.2) is 4.79 Å². The molecule has 4 amide bonds. The van der Waals surface area contributed by atoms with Crippen LogP contribution in [-0.4, -0.2) is 64.4 Å². The van der Waals surface area contributed by atoms with E-state index >= 15 is 0 Å². The van der Waals surface area contributed by atoms with Gasteiger partial charge >= 0.3 is 6.03 Å². The maximum absolute atomic E-state index is 14.0. The molecule has 0 aliphatic carbocycles. The predicted octanol–water partition coefficient (Wildman–Crippen LogP) is 4.20. The molecule has 40 heavy (non-hydrogen) atoms. The zero-order valence-electron chi connectivity index (χ0n) is 22.8. The number of aryl methyl sites for hydroxylation is 1. The number of benzene rings is 2. The van der Waals surface area contributed by atoms with Crippen LogP contribution in [0.3, 0.4) is 0 Å². The quantitative estimate of drug-likeness (QED) is 0.596. The summed E-state index contributed by atoms with van der Waals surface area (Å²) in [6.45, 7) is 9.06. The van der Waals surface area contributed by atoms with Crippen molar-refractivity contribution in [2.45, 2.75) is 58.3 Å². The Bertz CT molecular complexity index is 1410. The van der Waals surface area contributed by atoms with Crippen LogP contribution >= 0.6 is 11.6 Å². The monoisotopic (exact) mass is 559 g/mol. The third-order valence-corrected chi connectivity index (χ3v) is 8.99. The standard InChI is InChI=1S/C31H34ClN5O3/c1-19-3-5-21(6-4-19)17-36-18-27-22(12-28(32)26-15-33-14-25(26)27)11-23(30(36)39)13-29(38)35-9-7-24(8-10-35)37-16-20(2)34-31(37)40/h3-6,12,14,23-24H,2,7-11,13,15-18H2,1H3,(H,34,40)/t23-/m0/s1. The number of urea groups is 1. The zero-order valence-corrected chi connectivity index (χ0v) is 23.5. The molecule has 2 aromatic rings. The lowest BCUT2D eigenvalue weighted by Gasteiger charge is -2.36. The summed E-state index contributed by atoms with van der Waals surface area (Å²) in [5.41, 5.74) is 7.08. The lowest BCUT2D eigenvalue weighted by atomic mass is 9.90. The normalized spacial score (nSPS) is 21.0. The lowest BCUT2D eigenvalue weighted by Crippen LogP contribution is -2.48. The number of hydrogen-bond donors (Lipinski definition) is 1. The molecule has 6 rings (SSSR count). The second-order valence-corrected chi connectivity index (χ2v) is 11.8. The van der Waals surface area contributed by atoms with Gasteiger partial charge in [0.2, 0.25) is 11.8 Å². The molecule has 0 saturated carbocycles. The van der Waals surface area contributed by atoms with E-state index in [2.05, 4.69) is 41.2 Å². The summed E-state index contributed by atoms with van der Waals surface area (Å²) in [5.74, 6) is -0.497. The predicted molar refractivity (Wildman–Crippen MR) is 154 cm³/mol. The van der Waals surface area contributed by atoms with Gasteiger partial charge < -0.3 is 20.0 Å². The summed E-state index contributed by atoms with van der Waals surface area (Å²) in [5, 5.41) is 3.44. The first-order valence-electron chi connectivity index (χ1n) is 14.0. The van der Waals surface area contributed by atoms with Crippen LogP contribution in [0.1, 0.15) is 52.6 Å². The van der Waals surface area contributed by atoms with E-state index in [9.17, 15) is 14.4 Å². The third kappa shape index (κ3) is 5.12. The van der Waals surface area contributed by atoms with Gasteiger partial charge in [-0.3, -0.25) is 14.6 Å². The summed E-state index contributed by atoms with van der Waals surface area (Å²) < 4.78 is 0. The Balaban J connectivity index is 1.21. The maximum atomic E-state index is 14.0. The van der Waals surface area contributed by atoms with E-state index in [4.69, 9.17) is 11.6 Å². The number of aliphatic imine (C=N–C) groups is 1. The van der Waals surface area contributed by atoms with Crippen LogP contribution in [0.4, 0.5) is 4.79 Å². The number of hydrogen-bond acceptors (Lipinski definition) is 4. The van der Waals surface area contributed by atoms with E-state index in [1.165, 1.54) is 5.56 Å². The molecule has 208 valence electrons. The maximum Gasteiger partial charge on any atom is 0.322 e. The second kappa shape index (κ2) is 10.7. The van der Waals surface area contributed by atoms with Crippen LogP contribution in [-0.2, 0) is 35.6 Å². The van der Waals surface area contributed by atoms with Gasteiger partial charge in [-0.05, 0) is 48.9 Å². The van der Waals surface area contributed by atoms with E-state index < -0.39 is 5.92 Å². The number of carbonyl (C=O) groups excluding carboxylic acids is 3. The first-order valence-corrected chi connectivity index (χ1v) is 14.3. The van der Waals surface area contributed by atoms with E-state index in [0.29, 0.717) is 69.3 Å². The Labute approximate surface area is 239 Å². The minimum absolute atomic E-state index is 0.00734. The van der Waals surface area contributed by atoms with Crippen LogP contribution in [0.2, 0.25) is 5.02 Å². The van der Waals surface area contributed by atoms with Crippen LogP contribution in [0.25, 0.3) is 0 Å². The van der Waals surface area contributed by atoms with Crippen molar-refractivity contribution in [2.24, 2.45) is 10.9 Å². The largest absolute Gasteiger partial charge is 0.343 e. The number of nitrogens with zero attached hydrogens (tertiary/aromatic N) is 4. The number of carbonyl (C=O) groups is 3. The molecule has 4 aliphatic heterocycles. The first kappa shape index (κ1) is 26.6. The molecule has 0 unspecified atom stereocenters. The molecule has 1 N–H and O–H groups in total. The van der Waals surface area contributed by atoms with Crippen molar-refractivity contribution in [3.05, 3.63) is 81.0 Å². The Hall–Kier alpha value is -3.65. The van der Waals surface area contributed by atoms with E-state index in [-0.39, 0.29) is 30.3 Å². The minimum atomic E-state index is -0.475. The fourth-order valence-electron chi connectivity index (χ4n) is 6.41. The highest BCUT2D eigenvalue weighted by molar-refractivity contribution is 6.32. The van der Waals surface area contributed by atoms with Crippen molar-refractivity contribution in [1.29, 1.82) is 0 Å². The van der Waals surface area contributed by atoms with Gasteiger partial charge in [0.25, 0.3) is 0 Å². The Morgan fingerprint density at radius 1 is 1.12 bits per heavy atom. The number of likely N-dealkylation sites (tertiary alicyclic amines) is 1. The molecule has 2 aromatic carbocycles. The number of amides is 4. The van der Waals surface area contributed by atoms with Gasteiger partial charge in [0.1, 0.15) is 0 Å². The number of piperidine rings is 1. The van der Waals surface area contributed by atoms with Gasteiger partial charge in [-0.2, -0.15) is 0 Å². The van der Waals surface area contributed by atoms with Crippen LogP contribution in [0.15, 0.2) is 47.6 Å². The van der Waals surface area contributed by atoms with Crippen molar-refractivity contribution < 1.29 is 14.4 Å². The van der Waals surface area contributed by atoms with Crippen LogP contribution in [0, 0.1) is 12.8 Å². The molecule has 8 nitrogen and oxygen atoms in total. The van der Waals surface area contributed by atoms with Gasteiger partial charge in [-0.1, -0.05) is 48.0 Å². The van der Waals surface area contributed by atoms with E-state index in [1.54, 1.807) is 0 Å². The van der Waals surface area contributed by atoms with Crippen molar-refractivity contribution >= 4 is 35.7 Å². The molecular formula is C31H34ClN5O3. The average molecular weight is 560 g/mol.